The van der Waals surface area contributed by atoms with E-state index in [-0.39, 0.29) is 11.8 Å². The van der Waals surface area contributed by atoms with Gasteiger partial charge in [-0.05, 0) is 54.3 Å². The molecule has 3 heterocycles. The number of thiophene rings is 1. The summed E-state index contributed by atoms with van der Waals surface area (Å²) in [5.41, 5.74) is 0.953. The van der Waals surface area contributed by atoms with Crippen LogP contribution in [0, 0.1) is 0 Å². The molecule has 4 aromatic rings. The minimum Gasteiger partial charge on any atom is -0.497 e. The van der Waals surface area contributed by atoms with Gasteiger partial charge in [0.2, 0.25) is 5.91 Å². The Hall–Kier alpha value is -3.29. The maximum Gasteiger partial charge on any atom is 0.275 e. The SMILES string of the molecule is COc1cccc(N2C(=O)c3cc4ccsc4n3C[C@]2(C)C(=O)NCc2ccc(Cl)cc2)c1. The second-order valence-corrected chi connectivity index (χ2v) is 9.55. The van der Waals surface area contributed by atoms with Gasteiger partial charge in [-0.15, -0.1) is 11.3 Å². The van der Waals surface area contributed by atoms with Gasteiger partial charge in [0.25, 0.3) is 5.91 Å². The minimum atomic E-state index is -1.15. The number of nitrogens with one attached hydrogen (secondary N) is 1. The zero-order valence-electron chi connectivity index (χ0n) is 18.2. The summed E-state index contributed by atoms with van der Waals surface area (Å²) in [5.74, 6) is 0.158. The van der Waals surface area contributed by atoms with Gasteiger partial charge in [-0.3, -0.25) is 14.5 Å². The van der Waals surface area contributed by atoms with Gasteiger partial charge in [0.1, 0.15) is 21.8 Å². The average molecular weight is 480 g/mol. The normalized spacial score (nSPS) is 17.8. The molecule has 0 radical (unpaired) electrons. The molecule has 1 N–H and O–H groups in total. The summed E-state index contributed by atoms with van der Waals surface area (Å²) >= 11 is 7.54. The molecule has 2 aromatic carbocycles. The van der Waals surface area contributed by atoms with E-state index in [1.807, 2.05) is 59.3 Å². The van der Waals surface area contributed by atoms with Gasteiger partial charge in [-0.25, -0.2) is 0 Å². The number of amides is 2. The monoisotopic (exact) mass is 479 g/mol. The van der Waals surface area contributed by atoms with Crippen molar-refractivity contribution < 1.29 is 14.3 Å². The van der Waals surface area contributed by atoms with Gasteiger partial charge < -0.3 is 14.6 Å². The second-order valence-electron chi connectivity index (χ2n) is 8.22. The predicted molar refractivity (Wildman–Crippen MR) is 131 cm³/mol. The van der Waals surface area contributed by atoms with E-state index in [1.165, 1.54) is 0 Å². The number of methoxy groups -OCH3 is 1. The third-order valence-electron chi connectivity index (χ3n) is 6.05. The summed E-state index contributed by atoms with van der Waals surface area (Å²) in [6.45, 7) is 2.48. The summed E-state index contributed by atoms with van der Waals surface area (Å²) < 4.78 is 7.34. The van der Waals surface area contributed by atoms with Crippen LogP contribution in [0.5, 0.6) is 5.75 Å². The number of hydrogen-bond acceptors (Lipinski definition) is 4. The van der Waals surface area contributed by atoms with Gasteiger partial charge in [0.15, 0.2) is 0 Å². The van der Waals surface area contributed by atoms with Gasteiger partial charge in [0, 0.05) is 28.7 Å². The Morgan fingerprint density at radius 1 is 1.18 bits per heavy atom. The van der Waals surface area contributed by atoms with Crippen molar-refractivity contribution in [2.24, 2.45) is 0 Å². The van der Waals surface area contributed by atoms with Crippen LogP contribution in [0.25, 0.3) is 10.2 Å². The lowest BCUT2D eigenvalue weighted by molar-refractivity contribution is -0.126. The highest BCUT2D eigenvalue weighted by Gasteiger charge is 2.48. The zero-order valence-corrected chi connectivity index (χ0v) is 19.7. The number of ether oxygens (including phenoxy) is 1. The molecule has 0 saturated heterocycles. The summed E-state index contributed by atoms with van der Waals surface area (Å²) in [6, 6.07) is 18.4. The third kappa shape index (κ3) is 3.67. The van der Waals surface area contributed by atoms with Crippen molar-refractivity contribution >= 4 is 50.7 Å². The molecule has 0 unspecified atom stereocenters. The molecule has 2 aromatic heterocycles. The molecule has 1 atom stereocenters. The van der Waals surface area contributed by atoms with Gasteiger partial charge in [-0.2, -0.15) is 0 Å². The standard InChI is InChI=1S/C25H22ClN3O3S/c1-25(24(31)27-14-16-6-8-18(26)9-7-16)15-28-21(12-17-10-11-33-23(17)28)22(30)29(25)19-4-3-5-20(13-19)32-2/h3-13H,14-15H2,1-2H3,(H,27,31)/t25-/m1/s1. The topological polar surface area (TPSA) is 63.6 Å². The molecule has 0 fully saturated rings. The molecule has 5 rings (SSSR count). The molecule has 1 aliphatic rings. The highest BCUT2D eigenvalue weighted by atomic mass is 35.5. The summed E-state index contributed by atoms with van der Waals surface area (Å²) in [4.78, 5) is 30.0. The van der Waals surface area contributed by atoms with E-state index >= 15 is 0 Å². The van der Waals surface area contributed by atoms with Crippen LogP contribution in [0.15, 0.2) is 66.0 Å². The van der Waals surface area contributed by atoms with Gasteiger partial charge >= 0.3 is 0 Å². The van der Waals surface area contributed by atoms with E-state index in [2.05, 4.69) is 5.32 Å². The largest absolute Gasteiger partial charge is 0.497 e. The first-order chi connectivity index (χ1) is 15.9. The second kappa shape index (κ2) is 8.24. The minimum absolute atomic E-state index is 0.220. The Kier molecular flexibility index (Phi) is 5.38. The fourth-order valence-electron chi connectivity index (χ4n) is 4.33. The molecular formula is C25H22ClN3O3S. The fraction of sp³-hybridized carbons (Fsp3) is 0.200. The molecular weight excluding hydrogens is 458 g/mol. The lowest BCUT2D eigenvalue weighted by Gasteiger charge is -2.44. The summed E-state index contributed by atoms with van der Waals surface area (Å²) in [6.07, 6.45) is 0. The number of fused-ring (bicyclic) bond motifs is 3. The predicted octanol–water partition coefficient (Wildman–Crippen LogP) is 5.10. The smallest absolute Gasteiger partial charge is 0.275 e. The molecule has 2 amide bonds. The number of halogens is 1. The van der Waals surface area contributed by atoms with Crippen LogP contribution in [0.2, 0.25) is 5.02 Å². The van der Waals surface area contributed by atoms with Crippen molar-refractivity contribution in [3.63, 3.8) is 0 Å². The van der Waals surface area contributed by atoms with E-state index in [9.17, 15) is 9.59 Å². The van der Waals surface area contributed by atoms with Crippen LogP contribution in [-0.4, -0.2) is 29.0 Å². The number of hydrogen-bond donors (Lipinski definition) is 1. The quantitative estimate of drug-likeness (QED) is 0.433. The Morgan fingerprint density at radius 2 is 1.97 bits per heavy atom. The highest BCUT2D eigenvalue weighted by Crippen LogP contribution is 2.38. The van der Waals surface area contributed by atoms with Gasteiger partial charge in [0.05, 0.1) is 13.7 Å². The van der Waals surface area contributed by atoms with Crippen molar-refractivity contribution in [1.29, 1.82) is 0 Å². The van der Waals surface area contributed by atoms with Crippen molar-refractivity contribution in [2.45, 2.75) is 25.6 Å². The third-order valence-corrected chi connectivity index (χ3v) is 7.25. The Balaban J connectivity index is 1.56. The van der Waals surface area contributed by atoms with E-state index in [4.69, 9.17) is 16.3 Å². The van der Waals surface area contributed by atoms with Crippen molar-refractivity contribution in [3.8, 4) is 5.75 Å². The van der Waals surface area contributed by atoms with Crippen LogP contribution in [0.4, 0.5) is 5.69 Å². The highest BCUT2D eigenvalue weighted by molar-refractivity contribution is 7.16. The molecule has 33 heavy (non-hydrogen) atoms. The molecule has 0 saturated carbocycles. The van der Waals surface area contributed by atoms with Crippen LogP contribution in [-0.2, 0) is 17.9 Å². The molecule has 1 aliphatic heterocycles. The maximum absolute atomic E-state index is 13.8. The number of aromatic nitrogens is 1. The van der Waals surface area contributed by atoms with Crippen molar-refractivity contribution in [2.75, 3.05) is 12.0 Å². The molecule has 8 heteroatoms. The van der Waals surface area contributed by atoms with E-state index < -0.39 is 5.54 Å². The molecule has 0 spiro atoms. The van der Waals surface area contributed by atoms with Crippen LogP contribution >= 0.6 is 22.9 Å². The molecule has 168 valence electrons. The van der Waals surface area contributed by atoms with Crippen molar-refractivity contribution in [1.82, 2.24) is 9.88 Å². The lowest BCUT2D eigenvalue weighted by Crippen LogP contribution is -2.64. The van der Waals surface area contributed by atoms with E-state index in [0.717, 1.165) is 15.8 Å². The lowest BCUT2D eigenvalue weighted by atomic mass is 9.93. The fourth-order valence-corrected chi connectivity index (χ4v) is 5.35. The number of rotatable bonds is 5. The zero-order chi connectivity index (χ0) is 23.2. The number of anilines is 1. The van der Waals surface area contributed by atoms with Gasteiger partial charge in [-0.1, -0.05) is 29.8 Å². The van der Waals surface area contributed by atoms with E-state index in [0.29, 0.717) is 35.2 Å². The first-order valence-corrected chi connectivity index (χ1v) is 11.7. The molecule has 0 aliphatic carbocycles. The van der Waals surface area contributed by atoms with Crippen LogP contribution in [0.3, 0.4) is 0 Å². The maximum atomic E-state index is 13.8. The Bertz CT molecular complexity index is 1360. The first-order valence-electron chi connectivity index (χ1n) is 10.5. The summed E-state index contributed by atoms with van der Waals surface area (Å²) in [5, 5.41) is 6.66. The number of nitrogens with zero attached hydrogens (tertiary/aromatic N) is 2. The first kappa shape index (κ1) is 21.6. The van der Waals surface area contributed by atoms with E-state index in [1.54, 1.807) is 41.5 Å². The number of carbonyl (C=O) groups excluding carboxylic acids is 2. The van der Waals surface area contributed by atoms with Crippen LogP contribution < -0.4 is 15.0 Å². The Labute approximate surface area is 200 Å². The van der Waals surface area contributed by atoms with Crippen LogP contribution in [0.1, 0.15) is 23.0 Å². The summed E-state index contributed by atoms with van der Waals surface area (Å²) in [7, 11) is 1.58. The Morgan fingerprint density at radius 3 is 2.73 bits per heavy atom. The molecule has 0 bridgehead atoms. The average Bonchev–Trinajstić information content (AvgIpc) is 3.41. The number of benzene rings is 2. The van der Waals surface area contributed by atoms with Crippen molar-refractivity contribution in [3.05, 3.63) is 82.3 Å². The molecule has 6 nitrogen and oxygen atoms in total. The number of carbonyl (C=O) groups is 2.